The first kappa shape index (κ1) is 15.8. The van der Waals surface area contributed by atoms with Crippen LogP contribution in [0.25, 0.3) is 0 Å². The van der Waals surface area contributed by atoms with Crippen LogP contribution in [0.1, 0.15) is 36.5 Å². The number of hydrogen-bond donors (Lipinski definition) is 1. The van der Waals surface area contributed by atoms with E-state index in [1.807, 2.05) is 6.92 Å². The summed E-state index contributed by atoms with van der Waals surface area (Å²) in [5.74, 6) is -1.70. The van der Waals surface area contributed by atoms with Crippen molar-refractivity contribution in [2.75, 3.05) is 6.54 Å². The lowest BCUT2D eigenvalue weighted by molar-refractivity contribution is -0.144. The topological polar surface area (TPSA) is 57.6 Å². The van der Waals surface area contributed by atoms with E-state index in [4.69, 9.17) is 11.6 Å². The average Bonchev–Trinajstić information content (AvgIpc) is 2.46. The van der Waals surface area contributed by atoms with Crippen LogP contribution in [0.5, 0.6) is 0 Å². The first-order valence-electron chi connectivity index (χ1n) is 6.92. The molecule has 0 bridgehead atoms. The van der Waals surface area contributed by atoms with E-state index in [9.17, 15) is 19.1 Å². The quantitative estimate of drug-likeness (QED) is 0.932. The number of nitrogens with zero attached hydrogens (tertiary/aromatic N) is 1. The minimum Gasteiger partial charge on any atom is -0.480 e. The third-order valence-electron chi connectivity index (χ3n) is 4.00. The lowest BCUT2D eigenvalue weighted by Crippen LogP contribution is -2.50. The normalized spacial score (nSPS) is 22.1. The summed E-state index contributed by atoms with van der Waals surface area (Å²) in [7, 11) is 0. The minimum atomic E-state index is -1.01. The van der Waals surface area contributed by atoms with Crippen LogP contribution in [0.15, 0.2) is 18.2 Å². The molecule has 21 heavy (non-hydrogen) atoms. The Labute approximate surface area is 127 Å². The summed E-state index contributed by atoms with van der Waals surface area (Å²) in [6.07, 6.45) is 2.10. The fourth-order valence-electron chi connectivity index (χ4n) is 2.70. The van der Waals surface area contributed by atoms with Gasteiger partial charge < -0.3 is 10.0 Å². The van der Waals surface area contributed by atoms with E-state index in [2.05, 4.69) is 0 Å². The second-order valence-corrected chi connectivity index (χ2v) is 5.68. The zero-order valence-corrected chi connectivity index (χ0v) is 12.4. The van der Waals surface area contributed by atoms with Gasteiger partial charge in [0.1, 0.15) is 11.9 Å². The number of piperidine rings is 1. The van der Waals surface area contributed by atoms with Crippen molar-refractivity contribution in [2.45, 2.75) is 32.2 Å². The van der Waals surface area contributed by atoms with Crippen molar-refractivity contribution in [3.8, 4) is 0 Å². The monoisotopic (exact) mass is 313 g/mol. The maximum absolute atomic E-state index is 13.1. The van der Waals surface area contributed by atoms with Crippen LogP contribution in [0.4, 0.5) is 4.39 Å². The molecule has 0 aliphatic carbocycles. The number of hydrogen-bond acceptors (Lipinski definition) is 2. The third-order valence-corrected chi connectivity index (χ3v) is 4.31. The molecule has 1 aliphatic heterocycles. The molecule has 114 valence electrons. The van der Waals surface area contributed by atoms with E-state index in [0.29, 0.717) is 18.9 Å². The Morgan fingerprint density at radius 1 is 1.48 bits per heavy atom. The van der Waals surface area contributed by atoms with Crippen LogP contribution < -0.4 is 0 Å². The molecule has 0 saturated carbocycles. The predicted molar refractivity (Wildman–Crippen MR) is 76.9 cm³/mol. The zero-order valence-electron chi connectivity index (χ0n) is 11.7. The first-order chi connectivity index (χ1) is 9.93. The second-order valence-electron chi connectivity index (χ2n) is 5.28. The van der Waals surface area contributed by atoms with E-state index >= 15 is 0 Å². The van der Waals surface area contributed by atoms with Gasteiger partial charge in [0.15, 0.2) is 0 Å². The summed E-state index contributed by atoms with van der Waals surface area (Å²) in [6.45, 7) is 2.39. The first-order valence-corrected chi connectivity index (χ1v) is 7.30. The van der Waals surface area contributed by atoms with Gasteiger partial charge in [-0.3, -0.25) is 4.79 Å². The molecule has 0 spiro atoms. The van der Waals surface area contributed by atoms with Crippen molar-refractivity contribution in [2.24, 2.45) is 5.92 Å². The number of carbonyl (C=O) groups excluding carboxylic acids is 1. The largest absolute Gasteiger partial charge is 0.480 e. The zero-order chi connectivity index (χ0) is 15.6. The van der Waals surface area contributed by atoms with Crippen molar-refractivity contribution >= 4 is 23.5 Å². The van der Waals surface area contributed by atoms with Crippen LogP contribution in [0.2, 0.25) is 5.02 Å². The van der Waals surface area contributed by atoms with Crippen molar-refractivity contribution in [3.63, 3.8) is 0 Å². The number of rotatable bonds is 3. The molecule has 1 N–H and O–H groups in total. The second kappa shape index (κ2) is 6.43. The number of aliphatic carboxylic acids is 1. The highest BCUT2D eigenvalue weighted by Crippen LogP contribution is 2.28. The fourth-order valence-corrected chi connectivity index (χ4v) is 2.95. The van der Waals surface area contributed by atoms with Gasteiger partial charge in [-0.25, -0.2) is 9.18 Å². The summed E-state index contributed by atoms with van der Waals surface area (Å²) in [5.41, 5.74) is 0.138. The molecular weight excluding hydrogens is 297 g/mol. The van der Waals surface area contributed by atoms with Gasteiger partial charge >= 0.3 is 5.97 Å². The van der Waals surface area contributed by atoms with Gasteiger partial charge in [-0.2, -0.15) is 0 Å². The molecule has 0 aromatic heterocycles. The van der Waals surface area contributed by atoms with Gasteiger partial charge in [0, 0.05) is 6.54 Å². The van der Waals surface area contributed by atoms with Gasteiger partial charge in [-0.1, -0.05) is 24.9 Å². The summed E-state index contributed by atoms with van der Waals surface area (Å²) >= 11 is 5.89. The molecule has 2 unspecified atom stereocenters. The summed E-state index contributed by atoms with van der Waals surface area (Å²) in [4.78, 5) is 25.2. The van der Waals surface area contributed by atoms with Crippen molar-refractivity contribution in [3.05, 3.63) is 34.6 Å². The van der Waals surface area contributed by atoms with Gasteiger partial charge in [0.25, 0.3) is 5.91 Å². The molecule has 1 aromatic rings. The van der Waals surface area contributed by atoms with Gasteiger partial charge in [-0.15, -0.1) is 0 Å². The van der Waals surface area contributed by atoms with Crippen LogP contribution >= 0.6 is 11.6 Å². The molecule has 2 rings (SSSR count). The number of amides is 1. The summed E-state index contributed by atoms with van der Waals surface area (Å²) in [6, 6.07) is 2.65. The van der Waals surface area contributed by atoms with Gasteiger partial charge in [-0.05, 0) is 37.0 Å². The predicted octanol–water partition coefficient (Wildman–Crippen LogP) is 3.19. The Morgan fingerprint density at radius 2 is 2.19 bits per heavy atom. The molecular formula is C15H17ClFNO3. The van der Waals surface area contributed by atoms with Crippen molar-refractivity contribution < 1.29 is 19.1 Å². The van der Waals surface area contributed by atoms with Crippen molar-refractivity contribution in [1.82, 2.24) is 4.90 Å². The Kier molecular flexibility index (Phi) is 4.83. The highest BCUT2D eigenvalue weighted by atomic mass is 35.5. The van der Waals surface area contributed by atoms with E-state index in [1.165, 1.54) is 11.0 Å². The maximum Gasteiger partial charge on any atom is 0.326 e. The highest BCUT2D eigenvalue weighted by Gasteiger charge is 2.36. The standard InChI is InChI=1S/C15H17ClFNO3/c1-2-9-5-6-18(13(7-9)15(20)21)14(19)11-4-3-10(17)8-12(11)16/h3-4,8-9,13H,2,5-7H2,1H3,(H,20,21). The smallest absolute Gasteiger partial charge is 0.326 e. The van der Waals surface area contributed by atoms with Crippen LogP contribution in [0.3, 0.4) is 0 Å². The fraction of sp³-hybridized carbons (Fsp3) is 0.467. The van der Waals surface area contributed by atoms with E-state index < -0.39 is 23.7 Å². The number of benzene rings is 1. The van der Waals surface area contributed by atoms with Gasteiger partial charge in [0.05, 0.1) is 10.6 Å². The molecule has 1 amide bonds. The summed E-state index contributed by atoms with van der Waals surface area (Å²) in [5, 5.41) is 9.35. The number of likely N-dealkylation sites (tertiary alicyclic amines) is 1. The molecule has 6 heteroatoms. The van der Waals surface area contributed by atoms with Crippen LogP contribution in [-0.2, 0) is 4.79 Å². The van der Waals surface area contributed by atoms with E-state index in [-0.39, 0.29) is 10.6 Å². The van der Waals surface area contributed by atoms with Gasteiger partial charge in [0.2, 0.25) is 0 Å². The molecule has 1 fully saturated rings. The number of carboxylic acids is 1. The van der Waals surface area contributed by atoms with E-state index in [0.717, 1.165) is 25.0 Å². The molecule has 1 aromatic carbocycles. The maximum atomic E-state index is 13.1. The Bertz CT molecular complexity index is 564. The highest BCUT2D eigenvalue weighted by molar-refractivity contribution is 6.33. The van der Waals surface area contributed by atoms with Crippen molar-refractivity contribution in [1.29, 1.82) is 0 Å². The molecule has 1 saturated heterocycles. The Hall–Kier alpha value is -1.62. The van der Waals surface area contributed by atoms with Crippen LogP contribution in [-0.4, -0.2) is 34.5 Å². The molecule has 1 heterocycles. The number of carbonyl (C=O) groups is 2. The Morgan fingerprint density at radius 3 is 2.76 bits per heavy atom. The number of halogens is 2. The third kappa shape index (κ3) is 3.35. The average molecular weight is 314 g/mol. The SMILES string of the molecule is CCC1CCN(C(=O)c2ccc(F)cc2Cl)C(C(=O)O)C1. The summed E-state index contributed by atoms with van der Waals surface area (Å²) < 4.78 is 13.1. The Balaban J connectivity index is 2.26. The number of carboxylic acid groups (broad SMARTS) is 1. The van der Waals surface area contributed by atoms with E-state index in [1.54, 1.807) is 0 Å². The van der Waals surface area contributed by atoms with Crippen LogP contribution in [0, 0.1) is 11.7 Å². The molecule has 0 radical (unpaired) electrons. The minimum absolute atomic E-state index is 0.00162. The molecule has 2 atom stereocenters. The lowest BCUT2D eigenvalue weighted by Gasteiger charge is -2.37. The molecule has 4 nitrogen and oxygen atoms in total. The lowest BCUT2D eigenvalue weighted by atomic mass is 9.88. The molecule has 1 aliphatic rings.